The summed E-state index contributed by atoms with van der Waals surface area (Å²) in [5, 5.41) is 0. The van der Waals surface area contributed by atoms with Gasteiger partial charge in [0.2, 0.25) is 0 Å². The van der Waals surface area contributed by atoms with Gasteiger partial charge in [0.15, 0.2) is 0 Å². The third-order valence-corrected chi connectivity index (χ3v) is 7.09. The molecule has 0 bridgehead atoms. The van der Waals surface area contributed by atoms with Crippen molar-refractivity contribution in [1.29, 1.82) is 0 Å². The number of para-hydroxylation sites is 1. The van der Waals surface area contributed by atoms with Gasteiger partial charge in [-0.1, -0.05) is 24.3 Å². The second kappa shape index (κ2) is 11.6. The highest BCUT2D eigenvalue weighted by atomic mass is 16.5. The first kappa shape index (κ1) is 23.7. The van der Waals surface area contributed by atoms with Crippen LogP contribution in [0.1, 0.15) is 44.7 Å². The van der Waals surface area contributed by atoms with E-state index in [-0.39, 0.29) is 5.97 Å². The first-order chi connectivity index (χ1) is 16.2. The van der Waals surface area contributed by atoms with E-state index in [2.05, 4.69) is 26.9 Å². The molecular formula is C27H37N3O3. The van der Waals surface area contributed by atoms with Crippen LogP contribution in [0.25, 0.3) is 0 Å². The monoisotopic (exact) mass is 451 g/mol. The summed E-state index contributed by atoms with van der Waals surface area (Å²) in [6, 6.07) is 16.5. The first-order valence-corrected chi connectivity index (χ1v) is 12.4. The maximum atomic E-state index is 13.1. The van der Waals surface area contributed by atoms with Crippen molar-refractivity contribution >= 4 is 5.97 Å². The maximum absolute atomic E-state index is 13.1. The van der Waals surface area contributed by atoms with Gasteiger partial charge in [-0.2, -0.15) is 0 Å². The lowest BCUT2D eigenvalue weighted by molar-refractivity contribution is -0.161. The fourth-order valence-corrected chi connectivity index (χ4v) is 5.28. The largest absolute Gasteiger partial charge is 0.494 e. The van der Waals surface area contributed by atoms with Crippen molar-refractivity contribution in [3.63, 3.8) is 0 Å². The lowest BCUT2D eigenvalue weighted by atomic mass is 9.76. The van der Waals surface area contributed by atoms with Gasteiger partial charge >= 0.3 is 5.97 Å². The molecule has 0 amide bonds. The molecule has 4 rings (SSSR count). The minimum absolute atomic E-state index is 0.0565. The summed E-state index contributed by atoms with van der Waals surface area (Å²) in [5.41, 5.74) is 0.655. The Morgan fingerprint density at radius 3 is 2.61 bits per heavy atom. The van der Waals surface area contributed by atoms with E-state index >= 15 is 0 Å². The number of hydrogen-bond donors (Lipinski definition) is 0. The minimum atomic E-state index is -0.478. The molecule has 2 aromatic rings. The number of nitrogens with zero attached hydrogens (tertiary/aromatic N) is 3. The molecule has 6 heteroatoms. The lowest BCUT2D eigenvalue weighted by Gasteiger charge is -2.46. The first-order valence-electron chi connectivity index (χ1n) is 12.4. The molecule has 2 aliphatic heterocycles. The summed E-state index contributed by atoms with van der Waals surface area (Å²) in [7, 11) is 0. The average molecular weight is 452 g/mol. The fraction of sp³-hybridized carbons (Fsp3) is 0.556. The Balaban J connectivity index is 1.34. The molecule has 2 saturated heterocycles. The van der Waals surface area contributed by atoms with Crippen molar-refractivity contribution in [2.75, 3.05) is 39.4 Å². The number of esters is 1. The van der Waals surface area contributed by atoms with Crippen LogP contribution in [0.5, 0.6) is 5.75 Å². The normalized spacial score (nSPS) is 22.7. The molecule has 2 aliphatic rings. The third-order valence-electron chi connectivity index (χ3n) is 7.09. The van der Waals surface area contributed by atoms with E-state index < -0.39 is 5.41 Å². The van der Waals surface area contributed by atoms with Gasteiger partial charge in [0.25, 0.3) is 0 Å². The Kier molecular flexibility index (Phi) is 8.35. The molecule has 0 radical (unpaired) electrons. The molecule has 33 heavy (non-hydrogen) atoms. The Hall–Kier alpha value is -2.44. The van der Waals surface area contributed by atoms with Gasteiger partial charge in [-0.05, 0) is 69.8 Å². The number of benzene rings is 1. The Morgan fingerprint density at radius 2 is 1.88 bits per heavy atom. The topological polar surface area (TPSA) is 54.9 Å². The zero-order valence-electron chi connectivity index (χ0n) is 19.8. The maximum Gasteiger partial charge on any atom is 0.313 e. The van der Waals surface area contributed by atoms with Gasteiger partial charge in [0, 0.05) is 38.4 Å². The van der Waals surface area contributed by atoms with E-state index in [0.717, 1.165) is 69.9 Å². The van der Waals surface area contributed by atoms with Crippen molar-refractivity contribution in [3.8, 4) is 5.75 Å². The molecule has 0 spiro atoms. The quantitative estimate of drug-likeness (QED) is 0.534. The Labute approximate surface area is 197 Å². The third kappa shape index (κ3) is 6.33. The van der Waals surface area contributed by atoms with Crippen LogP contribution in [-0.4, -0.2) is 66.2 Å². The predicted octanol–water partition coefficient (Wildman–Crippen LogP) is 4.16. The molecule has 0 N–H and O–H groups in total. The summed E-state index contributed by atoms with van der Waals surface area (Å²) < 4.78 is 11.5. The number of hydrogen-bond acceptors (Lipinski definition) is 6. The molecule has 1 aromatic heterocycles. The lowest BCUT2D eigenvalue weighted by Crippen LogP contribution is -2.54. The Bertz CT molecular complexity index is 855. The van der Waals surface area contributed by atoms with Crippen molar-refractivity contribution in [3.05, 3.63) is 60.4 Å². The molecule has 3 heterocycles. The van der Waals surface area contributed by atoms with Gasteiger partial charge in [-0.15, -0.1) is 0 Å². The van der Waals surface area contributed by atoms with Gasteiger partial charge in [-0.25, -0.2) is 0 Å². The number of likely N-dealkylation sites (tertiary alicyclic amines) is 2. The van der Waals surface area contributed by atoms with E-state index in [4.69, 9.17) is 9.47 Å². The van der Waals surface area contributed by atoms with Crippen molar-refractivity contribution in [1.82, 2.24) is 14.8 Å². The smallest absolute Gasteiger partial charge is 0.313 e. The van der Waals surface area contributed by atoms with Crippen LogP contribution in [0.4, 0.5) is 0 Å². The highest BCUT2D eigenvalue weighted by Crippen LogP contribution is 2.37. The van der Waals surface area contributed by atoms with E-state index in [9.17, 15) is 4.79 Å². The van der Waals surface area contributed by atoms with Crippen LogP contribution in [0, 0.1) is 5.41 Å². The second-order valence-corrected chi connectivity index (χ2v) is 9.31. The van der Waals surface area contributed by atoms with Crippen molar-refractivity contribution < 1.29 is 14.3 Å². The molecule has 0 saturated carbocycles. The van der Waals surface area contributed by atoms with Crippen LogP contribution in [0.15, 0.2) is 54.7 Å². The predicted molar refractivity (Wildman–Crippen MR) is 129 cm³/mol. The number of carbonyl (C=O) groups is 1. The number of carbonyl (C=O) groups excluding carboxylic acids is 1. The van der Waals surface area contributed by atoms with Crippen LogP contribution in [-0.2, 0) is 16.1 Å². The molecule has 0 unspecified atom stereocenters. The second-order valence-electron chi connectivity index (χ2n) is 9.31. The van der Waals surface area contributed by atoms with Gasteiger partial charge in [0.1, 0.15) is 5.75 Å². The van der Waals surface area contributed by atoms with Crippen LogP contribution >= 0.6 is 0 Å². The average Bonchev–Trinajstić information content (AvgIpc) is 2.86. The highest BCUT2D eigenvalue weighted by Gasteiger charge is 2.45. The molecule has 0 aliphatic carbocycles. The van der Waals surface area contributed by atoms with E-state index in [1.165, 1.54) is 0 Å². The highest BCUT2D eigenvalue weighted by molar-refractivity contribution is 5.77. The van der Waals surface area contributed by atoms with E-state index in [1.54, 1.807) is 0 Å². The van der Waals surface area contributed by atoms with Gasteiger partial charge in [0.05, 0.1) is 24.3 Å². The molecular weight excluding hydrogens is 414 g/mol. The van der Waals surface area contributed by atoms with Crippen LogP contribution < -0.4 is 4.74 Å². The summed E-state index contributed by atoms with van der Waals surface area (Å²) in [4.78, 5) is 22.7. The Morgan fingerprint density at radius 1 is 1.09 bits per heavy atom. The van der Waals surface area contributed by atoms with Gasteiger partial charge in [-0.3, -0.25) is 19.6 Å². The summed E-state index contributed by atoms with van der Waals surface area (Å²) in [5.74, 6) is 0.795. The standard InChI is InChI=1S/C27H37N3O3/c1-2-32-26(31)27(15-20-33-25-10-4-3-5-11-25)14-8-17-30(22-27)24-12-18-29(19-13-24)21-23-9-6-7-16-28-23/h3-7,9-11,16,24H,2,8,12-15,17-22H2,1H3/t27-/m0/s1. The van der Waals surface area contributed by atoms with E-state index in [1.807, 2.05) is 49.5 Å². The van der Waals surface area contributed by atoms with Crippen LogP contribution in [0.3, 0.4) is 0 Å². The molecule has 178 valence electrons. The molecule has 2 fully saturated rings. The number of pyridine rings is 1. The van der Waals surface area contributed by atoms with E-state index in [0.29, 0.717) is 25.7 Å². The van der Waals surface area contributed by atoms with Crippen molar-refractivity contribution in [2.24, 2.45) is 5.41 Å². The molecule has 1 aromatic carbocycles. The minimum Gasteiger partial charge on any atom is -0.494 e. The fourth-order valence-electron chi connectivity index (χ4n) is 5.28. The summed E-state index contributed by atoms with van der Waals surface area (Å²) in [6.45, 7) is 7.73. The SMILES string of the molecule is CCOC(=O)[C@]1(CCOc2ccccc2)CCCN(C2CCN(Cc3ccccn3)CC2)C1. The molecule has 1 atom stereocenters. The molecule has 6 nitrogen and oxygen atoms in total. The van der Waals surface area contributed by atoms with Gasteiger partial charge < -0.3 is 9.47 Å². The summed E-state index contributed by atoms with van der Waals surface area (Å²) in [6.07, 6.45) is 6.72. The number of ether oxygens (including phenoxy) is 2. The number of aromatic nitrogens is 1. The number of rotatable bonds is 9. The van der Waals surface area contributed by atoms with Crippen molar-refractivity contribution in [2.45, 2.75) is 51.6 Å². The zero-order valence-corrected chi connectivity index (χ0v) is 19.8. The zero-order chi connectivity index (χ0) is 22.9. The summed E-state index contributed by atoms with van der Waals surface area (Å²) >= 11 is 0. The van der Waals surface area contributed by atoms with Crippen LogP contribution in [0.2, 0.25) is 0 Å². The number of piperidine rings is 2.